The summed E-state index contributed by atoms with van der Waals surface area (Å²) >= 11 is 1.77. The average molecular weight is 303 g/mol. The second-order valence-electron chi connectivity index (χ2n) is 5.02. The summed E-state index contributed by atoms with van der Waals surface area (Å²) in [6.45, 7) is 1.70. The van der Waals surface area contributed by atoms with Crippen LogP contribution in [0.5, 0.6) is 0 Å². The molecule has 1 aromatic carbocycles. The lowest BCUT2D eigenvalue weighted by atomic mass is 10.2. The Morgan fingerprint density at radius 3 is 2.76 bits per heavy atom. The Hall–Kier alpha value is -1.85. The molecule has 0 fully saturated rings. The van der Waals surface area contributed by atoms with Crippen LogP contribution in [0, 0.1) is 0 Å². The van der Waals surface area contributed by atoms with Gasteiger partial charge in [0.1, 0.15) is 0 Å². The van der Waals surface area contributed by atoms with E-state index in [0.29, 0.717) is 17.8 Å². The standard InChI is InChI=1S/C16H21N3OS/c1-19(10-8-13-5-4-12-21-13)11-9-16(20)18-15-7-3-2-6-14(15)17/h2-7,12H,8-11,17H2,1H3,(H,18,20). The minimum atomic E-state index is -0.00382. The summed E-state index contributed by atoms with van der Waals surface area (Å²) in [6, 6.07) is 11.5. The molecule has 0 atom stereocenters. The first-order valence-corrected chi connectivity index (χ1v) is 7.88. The highest BCUT2D eigenvalue weighted by atomic mass is 32.1. The van der Waals surface area contributed by atoms with E-state index in [2.05, 4.69) is 27.7 Å². The van der Waals surface area contributed by atoms with Crippen molar-refractivity contribution in [3.63, 3.8) is 0 Å². The quantitative estimate of drug-likeness (QED) is 0.773. The molecule has 112 valence electrons. The minimum Gasteiger partial charge on any atom is -0.397 e. The molecule has 5 heteroatoms. The molecule has 4 nitrogen and oxygen atoms in total. The van der Waals surface area contributed by atoms with Gasteiger partial charge in [-0.1, -0.05) is 18.2 Å². The first-order chi connectivity index (χ1) is 10.1. The van der Waals surface area contributed by atoms with Gasteiger partial charge in [0.15, 0.2) is 0 Å². The van der Waals surface area contributed by atoms with Gasteiger partial charge in [-0.05, 0) is 37.0 Å². The number of rotatable bonds is 7. The molecule has 0 aliphatic rings. The smallest absolute Gasteiger partial charge is 0.225 e. The number of benzene rings is 1. The lowest BCUT2D eigenvalue weighted by Gasteiger charge is -2.16. The summed E-state index contributed by atoms with van der Waals surface area (Å²) in [4.78, 5) is 15.5. The van der Waals surface area contributed by atoms with Gasteiger partial charge in [-0.15, -0.1) is 11.3 Å². The Balaban J connectivity index is 1.70. The number of hydrogen-bond acceptors (Lipinski definition) is 4. The van der Waals surface area contributed by atoms with Crippen LogP contribution >= 0.6 is 11.3 Å². The number of nitrogens with two attached hydrogens (primary N) is 1. The van der Waals surface area contributed by atoms with E-state index in [9.17, 15) is 4.79 Å². The molecule has 2 aromatic rings. The molecule has 0 spiro atoms. The molecule has 0 bridgehead atoms. The van der Waals surface area contributed by atoms with Gasteiger partial charge in [0.25, 0.3) is 0 Å². The normalized spacial score (nSPS) is 10.8. The summed E-state index contributed by atoms with van der Waals surface area (Å²) in [6.07, 6.45) is 1.50. The van der Waals surface area contributed by atoms with Crippen molar-refractivity contribution in [2.45, 2.75) is 12.8 Å². The third kappa shape index (κ3) is 5.21. The Bertz CT molecular complexity index is 569. The highest BCUT2D eigenvalue weighted by Gasteiger charge is 2.07. The molecule has 0 aliphatic heterocycles. The predicted molar refractivity (Wildman–Crippen MR) is 89.6 cm³/mol. The molecule has 0 saturated carbocycles. The Morgan fingerprint density at radius 1 is 1.24 bits per heavy atom. The summed E-state index contributed by atoms with van der Waals surface area (Å²) in [5.74, 6) is -0.00382. The fourth-order valence-corrected chi connectivity index (χ4v) is 2.68. The molecule has 0 aliphatic carbocycles. The van der Waals surface area contributed by atoms with Crippen LogP contribution in [-0.4, -0.2) is 30.9 Å². The monoisotopic (exact) mass is 303 g/mol. The molecule has 0 saturated heterocycles. The highest BCUT2D eigenvalue weighted by Crippen LogP contribution is 2.16. The van der Waals surface area contributed by atoms with Crippen molar-refractivity contribution in [3.8, 4) is 0 Å². The highest BCUT2D eigenvalue weighted by molar-refractivity contribution is 7.09. The van der Waals surface area contributed by atoms with Crippen LogP contribution in [0.25, 0.3) is 0 Å². The van der Waals surface area contributed by atoms with Gasteiger partial charge >= 0.3 is 0 Å². The maximum Gasteiger partial charge on any atom is 0.225 e. The SMILES string of the molecule is CN(CCC(=O)Nc1ccccc1N)CCc1cccs1. The molecule has 0 unspecified atom stereocenters. The molecule has 1 heterocycles. The molecular formula is C16H21N3OS. The van der Waals surface area contributed by atoms with E-state index in [4.69, 9.17) is 5.73 Å². The zero-order valence-corrected chi connectivity index (χ0v) is 13.0. The van der Waals surface area contributed by atoms with Crippen molar-refractivity contribution in [1.82, 2.24) is 4.90 Å². The Morgan fingerprint density at radius 2 is 2.05 bits per heavy atom. The number of nitrogens with zero attached hydrogens (tertiary/aromatic N) is 1. The maximum absolute atomic E-state index is 11.9. The van der Waals surface area contributed by atoms with Crippen molar-refractivity contribution < 1.29 is 4.79 Å². The first kappa shape index (κ1) is 15.5. The van der Waals surface area contributed by atoms with Crippen molar-refractivity contribution in [1.29, 1.82) is 0 Å². The van der Waals surface area contributed by atoms with Gasteiger partial charge in [-0.2, -0.15) is 0 Å². The lowest BCUT2D eigenvalue weighted by Crippen LogP contribution is -2.26. The number of nitrogen functional groups attached to an aromatic ring is 1. The van der Waals surface area contributed by atoms with Crippen LogP contribution in [0.1, 0.15) is 11.3 Å². The van der Waals surface area contributed by atoms with Gasteiger partial charge < -0.3 is 16.0 Å². The zero-order chi connectivity index (χ0) is 15.1. The van der Waals surface area contributed by atoms with Crippen molar-refractivity contribution in [2.75, 3.05) is 31.2 Å². The van der Waals surface area contributed by atoms with Crippen LogP contribution in [-0.2, 0) is 11.2 Å². The first-order valence-electron chi connectivity index (χ1n) is 7.00. The Kier molecular flexibility index (Phi) is 5.78. The number of nitrogens with one attached hydrogen (secondary N) is 1. The summed E-state index contributed by atoms with van der Waals surface area (Å²) in [5, 5.41) is 4.94. The summed E-state index contributed by atoms with van der Waals surface area (Å²) in [5.41, 5.74) is 7.08. The molecule has 3 N–H and O–H groups in total. The van der Waals surface area contributed by atoms with Crippen LogP contribution in [0.4, 0.5) is 11.4 Å². The van der Waals surface area contributed by atoms with E-state index in [1.165, 1.54) is 4.88 Å². The molecule has 1 aromatic heterocycles. The van der Waals surface area contributed by atoms with E-state index < -0.39 is 0 Å². The fraction of sp³-hybridized carbons (Fsp3) is 0.312. The van der Waals surface area contributed by atoms with E-state index >= 15 is 0 Å². The molecule has 2 rings (SSSR count). The van der Waals surface area contributed by atoms with Gasteiger partial charge in [-0.3, -0.25) is 4.79 Å². The second kappa shape index (κ2) is 7.81. The van der Waals surface area contributed by atoms with Crippen LogP contribution in [0.15, 0.2) is 41.8 Å². The average Bonchev–Trinajstić information content (AvgIpc) is 2.99. The summed E-state index contributed by atoms with van der Waals surface area (Å²) < 4.78 is 0. The fourth-order valence-electron chi connectivity index (χ4n) is 1.98. The summed E-state index contributed by atoms with van der Waals surface area (Å²) in [7, 11) is 2.04. The van der Waals surface area contributed by atoms with Gasteiger partial charge in [0.05, 0.1) is 11.4 Å². The number of likely N-dealkylation sites (N-methyl/N-ethyl adjacent to an activating group) is 1. The minimum absolute atomic E-state index is 0.00382. The van der Waals surface area contributed by atoms with Gasteiger partial charge in [-0.25, -0.2) is 0 Å². The third-order valence-corrected chi connectivity index (χ3v) is 4.21. The third-order valence-electron chi connectivity index (χ3n) is 3.28. The Labute approximate surface area is 129 Å². The number of amides is 1. The van der Waals surface area contributed by atoms with Crippen molar-refractivity contribution >= 4 is 28.6 Å². The number of para-hydroxylation sites is 2. The second-order valence-corrected chi connectivity index (χ2v) is 6.05. The molecular weight excluding hydrogens is 282 g/mol. The number of carbonyl (C=O) groups is 1. The zero-order valence-electron chi connectivity index (χ0n) is 12.2. The number of thiophene rings is 1. The molecule has 1 amide bonds. The van der Waals surface area contributed by atoms with Gasteiger partial charge in [0.2, 0.25) is 5.91 Å². The van der Waals surface area contributed by atoms with E-state index in [-0.39, 0.29) is 5.91 Å². The van der Waals surface area contributed by atoms with Crippen molar-refractivity contribution in [2.24, 2.45) is 0 Å². The van der Waals surface area contributed by atoms with Crippen molar-refractivity contribution in [3.05, 3.63) is 46.7 Å². The largest absolute Gasteiger partial charge is 0.397 e. The molecule has 21 heavy (non-hydrogen) atoms. The number of anilines is 2. The van der Waals surface area contributed by atoms with Gasteiger partial charge in [0, 0.05) is 24.4 Å². The van der Waals surface area contributed by atoms with Crippen LogP contribution in [0.2, 0.25) is 0 Å². The number of carbonyl (C=O) groups excluding carboxylic acids is 1. The lowest BCUT2D eigenvalue weighted by molar-refractivity contribution is -0.116. The predicted octanol–water partition coefficient (Wildman–Crippen LogP) is 2.83. The maximum atomic E-state index is 11.9. The topological polar surface area (TPSA) is 58.4 Å². The van der Waals surface area contributed by atoms with Crippen LogP contribution in [0.3, 0.4) is 0 Å². The van der Waals surface area contributed by atoms with E-state index in [1.807, 2.05) is 25.2 Å². The molecule has 0 radical (unpaired) electrons. The van der Waals surface area contributed by atoms with E-state index in [0.717, 1.165) is 19.5 Å². The van der Waals surface area contributed by atoms with E-state index in [1.54, 1.807) is 17.4 Å². The van der Waals surface area contributed by atoms with Crippen LogP contribution < -0.4 is 11.1 Å². The number of hydrogen-bond donors (Lipinski definition) is 2.